The van der Waals surface area contributed by atoms with E-state index in [1.54, 1.807) is 19.2 Å². The zero-order valence-electron chi connectivity index (χ0n) is 26.8. The number of amides is 1. The van der Waals surface area contributed by atoms with Crippen molar-refractivity contribution in [1.82, 2.24) is 15.1 Å². The van der Waals surface area contributed by atoms with Gasteiger partial charge in [0.2, 0.25) is 0 Å². The van der Waals surface area contributed by atoms with Gasteiger partial charge in [-0.05, 0) is 112 Å². The highest BCUT2D eigenvalue weighted by atomic mass is 19.1. The van der Waals surface area contributed by atoms with Crippen LogP contribution in [0.3, 0.4) is 0 Å². The van der Waals surface area contributed by atoms with E-state index in [0.717, 1.165) is 102 Å². The molecule has 2 aromatic rings. The third-order valence-corrected chi connectivity index (χ3v) is 11.3. The smallest absolute Gasteiger partial charge is 0.407 e. The number of carbonyl (C=O) groups excluding carboxylic acids is 1. The minimum absolute atomic E-state index is 0.0188. The maximum absolute atomic E-state index is 14.9. The van der Waals surface area contributed by atoms with Gasteiger partial charge < -0.3 is 29.5 Å². The second-order valence-corrected chi connectivity index (χ2v) is 13.6. The molecular formula is C36H48FN5O3. The Bertz CT molecular complexity index is 1370. The third-order valence-electron chi connectivity index (χ3n) is 11.3. The molecule has 8 nitrogen and oxygen atoms in total. The van der Waals surface area contributed by atoms with Gasteiger partial charge >= 0.3 is 6.09 Å². The van der Waals surface area contributed by atoms with Crippen LogP contribution >= 0.6 is 0 Å². The number of hydrogen-bond acceptors (Lipinski definition) is 7. The van der Waals surface area contributed by atoms with Gasteiger partial charge in [-0.15, -0.1) is 0 Å². The minimum atomic E-state index is -0.371. The Morgan fingerprint density at radius 1 is 1.00 bits per heavy atom. The fourth-order valence-corrected chi connectivity index (χ4v) is 8.92. The number of piperidine rings is 1. The molecule has 1 N–H and O–H groups in total. The molecule has 242 valence electrons. The highest BCUT2D eigenvalue weighted by molar-refractivity contribution is 5.67. The normalized spacial score (nSPS) is 25.7. The van der Waals surface area contributed by atoms with Crippen molar-refractivity contribution in [3.05, 3.63) is 59.4 Å². The van der Waals surface area contributed by atoms with Gasteiger partial charge in [-0.2, -0.15) is 5.26 Å². The summed E-state index contributed by atoms with van der Waals surface area (Å²) in [5.74, 6) is 1.65. The Hall–Kier alpha value is -3.35. The molecule has 4 aliphatic rings. The summed E-state index contributed by atoms with van der Waals surface area (Å²) < 4.78 is 25.4. The Labute approximate surface area is 267 Å². The number of nitrogens with zero attached hydrogens (tertiary/aromatic N) is 4. The summed E-state index contributed by atoms with van der Waals surface area (Å²) in [5.41, 5.74) is 2.54. The van der Waals surface area contributed by atoms with Crippen molar-refractivity contribution < 1.29 is 18.7 Å². The zero-order chi connectivity index (χ0) is 31.4. The molecule has 1 amide bonds. The molecule has 4 fully saturated rings. The van der Waals surface area contributed by atoms with E-state index >= 15 is 0 Å². The van der Waals surface area contributed by atoms with E-state index in [2.05, 4.69) is 32.2 Å². The summed E-state index contributed by atoms with van der Waals surface area (Å²) in [6, 6.07) is 15.5. The average Bonchev–Trinajstić information content (AvgIpc) is 3.71. The maximum atomic E-state index is 14.9. The first-order valence-electron chi connectivity index (χ1n) is 16.8. The summed E-state index contributed by atoms with van der Waals surface area (Å²) >= 11 is 0. The van der Waals surface area contributed by atoms with Crippen molar-refractivity contribution in [3.8, 4) is 11.8 Å². The van der Waals surface area contributed by atoms with Gasteiger partial charge in [0.1, 0.15) is 17.6 Å². The lowest BCUT2D eigenvalue weighted by molar-refractivity contribution is 0.0235. The summed E-state index contributed by atoms with van der Waals surface area (Å²) in [6.45, 7) is 8.23. The van der Waals surface area contributed by atoms with E-state index in [0.29, 0.717) is 23.1 Å². The van der Waals surface area contributed by atoms with Crippen LogP contribution in [-0.2, 0) is 10.2 Å². The first-order valence-corrected chi connectivity index (χ1v) is 16.8. The highest BCUT2D eigenvalue weighted by Crippen LogP contribution is 2.51. The van der Waals surface area contributed by atoms with Gasteiger partial charge in [-0.3, -0.25) is 0 Å². The standard InChI is InChI=1S/C36H48FN5O3/c1-44-34-21-31(11-10-27(34)22-38)42-19-12-26(24-42)23-40-17-13-28(14-18-40)36(25-41-15-5-16-41,29-6-3-7-30(37)20-29)32-8-4-9-33(32)39-35(43)45-2/h3,6-7,10-11,20-21,26,28,32-33H,4-5,8-9,12-19,23-25H2,1-2H3,(H,39,43)/t26-,32-,33-,36?/m0/s1. The molecule has 6 rings (SSSR count). The van der Waals surface area contributed by atoms with Gasteiger partial charge in [0.05, 0.1) is 19.8 Å². The van der Waals surface area contributed by atoms with Crippen molar-refractivity contribution in [3.63, 3.8) is 0 Å². The fraction of sp³-hybridized carbons (Fsp3) is 0.611. The van der Waals surface area contributed by atoms with Crippen LogP contribution in [0.1, 0.15) is 56.1 Å². The lowest BCUT2D eigenvalue weighted by Gasteiger charge is -2.53. The molecule has 1 saturated carbocycles. The second kappa shape index (κ2) is 14.0. The van der Waals surface area contributed by atoms with Crippen LogP contribution in [0.2, 0.25) is 0 Å². The first kappa shape index (κ1) is 31.6. The Morgan fingerprint density at radius 2 is 1.82 bits per heavy atom. The maximum Gasteiger partial charge on any atom is 0.407 e. The summed E-state index contributed by atoms with van der Waals surface area (Å²) in [4.78, 5) is 20.1. The van der Waals surface area contributed by atoms with Crippen LogP contribution in [0.5, 0.6) is 5.75 Å². The molecule has 0 radical (unpaired) electrons. The fourth-order valence-electron chi connectivity index (χ4n) is 8.92. The summed E-state index contributed by atoms with van der Waals surface area (Å²) in [6.07, 6.45) is 7.12. The number of alkyl carbamates (subject to hydrolysis) is 1. The van der Waals surface area contributed by atoms with Crippen LogP contribution in [0.15, 0.2) is 42.5 Å². The van der Waals surface area contributed by atoms with Crippen LogP contribution < -0.4 is 15.0 Å². The number of benzene rings is 2. The van der Waals surface area contributed by atoms with Gasteiger partial charge in [0, 0.05) is 49.4 Å². The van der Waals surface area contributed by atoms with E-state index in [9.17, 15) is 14.4 Å². The number of rotatable bonds is 10. The third kappa shape index (κ3) is 6.64. The van der Waals surface area contributed by atoms with Crippen molar-refractivity contribution in [2.75, 3.05) is 71.5 Å². The summed E-state index contributed by atoms with van der Waals surface area (Å²) in [7, 11) is 3.05. The average molecular weight is 618 g/mol. The van der Waals surface area contributed by atoms with E-state index in [1.165, 1.54) is 13.5 Å². The molecular weight excluding hydrogens is 569 g/mol. The van der Waals surface area contributed by atoms with E-state index in [4.69, 9.17) is 9.47 Å². The number of anilines is 1. The summed E-state index contributed by atoms with van der Waals surface area (Å²) in [5, 5.41) is 12.6. The van der Waals surface area contributed by atoms with Gasteiger partial charge in [0.25, 0.3) is 0 Å². The number of hydrogen-bond donors (Lipinski definition) is 1. The lowest BCUT2D eigenvalue weighted by Crippen LogP contribution is -2.59. The quantitative estimate of drug-likeness (QED) is 0.382. The number of nitriles is 1. The largest absolute Gasteiger partial charge is 0.495 e. The molecule has 1 aliphatic carbocycles. The predicted molar refractivity (Wildman–Crippen MR) is 173 cm³/mol. The van der Waals surface area contributed by atoms with E-state index in [-0.39, 0.29) is 29.3 Å². The van der Waals surface area contributed by atoms with Gasteiger partial charge in [-0.1, -0.05) is 18.6 Å². The van der Waals surface area contributed by atoms with Gasteiger partial charge in [-0.25, -0.2) is 9.18 Å². The number of methoxy groups -OCH3 is 2. The van der Waals surface area contributed by atoms with Crippen molar-refractivity contribution in [1.29, 1.82) is 5.26 Å². The number of carbonyl (C=O) groups is 1. The molecule has 0 bridgehead atoms. The Kier molecular flexibility index (Phi) is 9.81. The predicted octanol–water partition coefficient (Wildman–Crippen LogP) is 5.41. The molecule has 0 aromatic heterocycles. The number of nitrogens with one attached hydrogen (secondary N) is 1. The van der Waals surface area contributed by atoms with Crippen molar-refractivity contribution >= 4 is 11.8 Å². The molecule has 2 aromatic carbocycles. The van der Waals surface area contributed by atoms with Crippen molar-refractivity contribution in [2.45, 2.75) is 56.4 Å². The molecule has 3 saturated heterocycles. The first-order chi connectivity index (χ1) is 21.9. The van der Waals surface area contributed by atoms with E-state index in [1.807, 2.05) is 24.3 Å². The van der Waals surface area contributed by atoms with E-state index < -0.39 is 0 Å². The monoisotopic (exact) mass is 617 g/mol. The lowest BCUT2D eigenvalue weighted by atomic mass is 9.57. The number of ether oxygens (including phenoxy) is 2. The Morgan fingerprint density at radius 3 is 2.51 bits per heavy atom. The Balaban J connectivity index is 1.18. The number of likely N-dealkylation sites (tertiary alicyclic amines) is 2. The van der Waals surface area contributed by atoms with Crippen LogP contribution in [-0.4, -0.2) is 88.5 Å². The van der Waals surface area contributed by atoms with Crippen LogP contribution in [0.4, 0.5) is 14.9 Å². The molecule has 1 unspecified atom stereocenters. The van der Waals surface area contributed by atoms with Gasteiger partial charge in [0.15, 0.2) is 0 Å². The SMILES string of the molecule is COC(=O)N[C@H]1CCC[C@@H]1C(CN1CCC1)(c1cccc(F)c1)C1CCN(C[C@@H]2CCN(c3ccc(C#N)c(OC)c3)C2)CC1. The topological polar surface area (TPSA) is 81.1 Å². The minimum Gasteiger partial charge on any atom is -0.495 e. The molecule has 3 aliphatic heterocycles. The van der Waals surface area contributed by atoms with Crippen LogP contribution in [0.25, 0.3) is 0 Å². The molecule has 45 heavy (non-hydrogen) atoms. The number of halogens is 1. The molecule has 0 spiro atoms. The highest BCUT2D eigenvalue weighted by Gasteiger charge is 2.53. The zero-order valence-corrected chi connectivity index (χ0v) is 26.8. The van der Waals surface area contributed by atoms with Crippen molar-refractivity contribution in [2.24, 2.45) is 17.8 Å². The van der Waals surface area contributed by atoms with Crippen LogP contribution in [0, 0.1) is 34.9 Å². The molecule has 9 heteroatoms. The second-order valence-electron chi connectivity index (χ2n) is 13.6. The molecule has 3 heterocycles. The molecule has 4 atom stereocenters.